The summed E-state index contributed by atoms with van der Waals surface area (Å²) in [5.41, 5.74) is 2.88. The van der Waals surface area contributed by atoms with Crippen molar-refractivity contribution in [3.05, 3.63) is 71.0 Å². The molecule has 0 aliphatic carbocycles. The molecule has 0 radical (unpaired) electrons. The van der Waals surface area contributed by atoms with Crippen LogP contribution in [0.25, 0.3) is 0 Å². The molecule has 0 aliphatic heterocycles. The zero-order valence-corrected chi connectivity index (χ0v) is 12.7. The SMILES string of the molecule is Cc1cccc(CNC(=O)CCNCc2ccccc2F)c1. The van der Waals surface area contributed by atoms with Gasteiger partial charge in [0, 0.05) is 31.6 Å². The van der Waals surface area contributed by atoms with Gasteiger partial charge in [-0.25, -0.2) is 4.39 Å². The van der Waals surface area contributed by atoms with Gasteiger partial charge in [0.25, 0.3) is 0 Å². The van der Waals surface area contributed by atoms with Crippen LogP contribution in [0, 0.1) is 12.7 Å². The van der Waals surface area contributed by atoms with E-state index < -0.39 is 0 Å². The van der Waals surface area contributed by atoms with Gasteiger partial charge in [-0.3, -0.25) is 4.79 Å². The Morgan fingerprint density at radius 3 is 2.68 bits per heavy atom. The van der Waals surface area contributed by atoms with Gasteiger partial charge in [0.15, 0.2) is 0 Å². The molecule has 22 heavy (non-hydrogen) atoms. The number of halogens is 1. The maximum absolute atomic E-state index is 13.4. The van der Waals surface area contributed by atoms with Crippen LogP contribution >= 0.6 is 0 Å². The van der Waals surface area contributed by atoms with Crippen LogP contribution in [0.15, 0.2) is 48.5 Å². The third-order valence-electron chi connectivity index (χ3n) is 3.37. The Hall–Kier alpha value is -2.20. The maximum Gasteiger partial charge on any atom is 0.221 e. The van der Waals surface area contributed by atoms with Gasteiger partial charge >= 0.3 is 0 Å². The fourth-order valence-corrected chi connectivity index (χ4v) is 2.18. The lowest BCUT2D eigenvalue weighted by atomic mass is 10.1. The van der Waals surface area contributed by atoms with Crippen LogP contribution in [0.1, 0.15) is 23.1 Å². The third kappa shape index (κ3) is 5.30. The molecule has 0 fully saturated rings. The minimum atomic E-state index is -0.223. The van der Waals surface area contributed by atoms with E-state index in [1.165, 1.54) is 11.6 Å². The summed E-state index contributed by atoms with van der Waals surface area (Å²) >= 11 is 0. The van der Waals surface area contributed by atoms with Crippen molar-refractivity contribution in [1.29, 1.82) is 0 Å². The Morgan fingerprint density at radius 2 is 1.91 bits per heavy atom. The maximum atomic E-state index is 13.4. The number of rotatable bonds is 7. The molecule has 0 aromatic heterocycles. The molecule has 2 aromatic carbocycles. The molecule has 0 spiro atoms. The van der Waals surface area contributed by atoms with Crippen LogP contribution in [0.5, 0.6) is 0 Å². The van der Waals surface area contributed by atoms with Crippen molar-refractivity contribution >= 4 is 5.91 Å². The third-order valence-corrected chi connectivity index (χ3v) is 3.37. The highest BCUT2D eigenvalue weighted by Gasteiger charge is 2.03. The monoisotopic (exact) mass is 300 g/mol. The molecule has 0 bridgehead atoms. The predicted molar refractivity (Wildman–Crippen MR) is 85.7 cm³/mol. The topological polar surface area (TPSA) is 41.1 Å². The average molecular weight is 300 g/mol. The van der Waals surface area contributed by atoms with Crippen LogP contribution in [0.3, 0.4) is 0 Å². The summed E-state index contributed by atoms with van der Waals surface area (Å²) in [6, 6.07) is 14.7. The summed E-state index contributed by atoms with van der Waals surface area (Å²) in [7, 11) is 0. The van der Waals surface area contributed by atoms with Gasteiger partial charge in [-0.15, -0.1) is 0 Å². The van der Waals surface area contributed by atoms with E-state index in [0.717, 1.165) is 5.56 Å². The van der Waals surface area contributed by atoms with Crippen molar-refractivity contribution in [2.75, 3.05) is 6.54 Å². The first-order valence-electron chi connectivity index (χ1n) is 7.41. The van der Waals surface area contributed by atoms with E-state index in [0.29, 0.717) is 31.6 Å². The normalized spacial score (nSPS) is 10.5. The fraction of sp³-hybridized carbons (Fsp3) is 0.278. The van der Waals surface area contributed by atoms with Crippen molar-refractivity contribution in [2.45, 2.75) is 26.4 Å². The van der Waals surface area contributed by atoms with Gasteiger partial charge in [0.2, 0.25) is 5.91 Å². The van der Waals surface area contributed by atoms with E-state index in [1.54, 1.807) is 18.2 Å². The van der Waals surface area contributed by atoms with E-state index in [4.69, 9.17) is 0 Å². The van der Waals surface area contributed by atoms with E-state index >= 15 is 0 Å². The van der Waals surface area contributed by atoms with Crippen molar-refractivity contribution in [3.63, 3.8) is 0 Å². The molecule has 0 heterocycles. The summed E-state index contributed by atoms with van der Waals surface area (Å²) in [5, 5.41) is 5.96. The summed E-state index contributed by atoms with van der Waals surface area (Å²) in [6.45, 7) is 3.51. The minimum absolute atomic E-state index is 0.0115. The molecule has 1 amide bonds. The summed E-state index contributed by atoms with van der Waals surface area (Å²) in [6.07, 6.45) is 0.375. The van der Waals surface area contributed by atoms with Gasteiger partial charge in [-0.2, -0.15) is 0 Å². The number of hydrogen-bond donors (Lipinski definition) is 2. The number of carbonyl (C=O) groups is 1. The van der Waals surface area contributed by atoms with Gasteiger partial charge in [0.1, 0.15) is 5.82 Å². The molecule has 2 rings (SSSR count). The first-order valence-corrected chi connectivity index (χ1v) is 7.41. The Labute approximate surface area is 130 Å². The van der Waals surface area contributed by atoms with Crippen LogP contribution in [-0.2, 0) is 17.9 Å². The Kier molecular flexibility index (Phi) is 6.10. The van der Waals surface area contributed by atoms with Gasteiger partial charge < -0.3 is 10.6 Å². The van der Waals surface area contributed by atoms with E-state index in [9.17, 15) is 9.18 Å². The molecule has 2 N–H and O–H groups in total. The van der Waals surface area contributed by atoms with Crippen molar-refractivity contribution in [3.8, 4) is 0 Å². The number of hydrogen-bond acceptors (Lipinski definition) is 2. The zero-order valence-electron chi connectivity index (χ0n) is 12.7. The van der Waals surface area contributed by atoms with Crippen LogP contribution in [0.2, 0.25) is 0 Å². The zero-order chi connectivity index (χ0) is 15.8. The van der Waals surface area contributed by atoms with Gasteiger partial charge in [0.05, 0.1) is 0 Å². The van der Waals surface area contributed by atoms with Crippen molar-refractivity contribution < 1.29 is 9.18 Å². The minimum Gasteiger partial charge on any atom is -0.352 e. The smallest absolute Gasteiger partial charge is 0.221 e. The highest BCUT2D eigenvalue weighted by atomic mass is 19.1. The number of carbonyl (C=O) groups excluding carboxylic acids is 1. The number of nitrogens with one attached hydrogen (secondary N) is 2. The Morgan fingerprint density at radius 1 is 1.09 bits per heavy atom. The van der Waals surface area contributed by atoms with Crippen molar-refractivity contribution in [2.24, 2.45) is 0 Å². The second kappa shape index (κ2) is 8.29. The van der Waals surface area contributed by atoms with Crippen LogP contribution in [0.4, 0.5) is 4.39 Å². The lowest BCUT2D eigenvalue weighted by Crippen LogP contribution is -2.27. The summed E-state index contributed by atoms with van der Waals surface area (Å²) in [5.74, 6) is -0.235. The average Bonchev–Trinajstić information content (AvgIpc) is 2.51. The van der Waals surface area contributed by atoms with E-state index in [1.807, 2.05) is 25.1 Å². The predicted octanol–water partition coefficient (Wildman–Crippen LogP) is 2.93. The second-order valence-electron chi connectivity index (χ2n) is 5.28. The van der Waals surface area contributed by atoms with E-state index in [-0.39, 0.29) is 11.7 Å². The quantitative estimate of drug-likeness (QED) is 0.772. The standard InChI is InChI=1S/C18H21FN2O/c1-14-5-4-6-15(11-14)12-21-18(22)9-10-20-13-16-7-2-3-8-17(16)19/h2-8,11,20H,9-10,12-13H2,1H3,(H,21,22). The molecular formula is C18H21FN2O. The second-order valence-corrected chi connectivity index (χ2v) is 5.28. The molecule has 2 aromatic rings. The van der Waals surface area contributed by atoms with Crippen LogP contribution < -0.4 is 10.6 Å². The molecule has 0 atom stereocenters. The largest absolute Gasteiger partial charge is 0.352 e. The number of aryl methyl sites for hydroxylation is 1. The van der Waals surface area contributed by atoms with Gasteiger partial charge in [-0.05, 0) is 18.6 Å². The highest BCUT2D eigenvalue weighted by molar-refractivity contribution is 5.76. The Balaban J connectivity index is 1.65. The lowest BCUT2D eigenvalue weighted by molar-refractivity contribution is -0.121. The van der Waals surface area contributed by atoms with Crippen LogP contribution in [-0.4, -0.2) is 12.5 Å². The first kappa shape index (κ1) is 16.2. The molecule has 0 saturated heterocycles. The molecule has 4 heteroatoms. The summed E-state index contributed by atoms with van der Waals surface area (Å²) in [4.78, 5) is 11.8. The first-order chi connectivity index (χ1) is 10.6. The number of amides is 1. The highest BCUT2D eigenvalue weighted by Crippen LogP contribution is 2.05. The molecule has 0 unspecified atom stereocenters. The number of benzene rings is 2. The lowest BCUT2D eigenvalue weighted by Gasteiger charge is -2.08. The molecule has 0 aliphatic rings. The molecular weight excluding hydrogens is 279 g/mol. The molecule has 116 valence electrons. The van der Waals surface area contributed by atoms with E-state index in [2.05, 4.69) is 16.7 Å². The van der Waals surface area contributed by atoms with Gasteiger partial charge in [-0.1, -0.05) is 48.0 Å². The fourth-order valence-electron chi connectivity index (χ4n) is 2.18. The Bertz CT molecular complexity index is 628. The summed E-state index contributed by atoms with van der Waals surface area (Å²) < 4.78 is 13.4. The molecule has 3 nitrogen and oxygen atoms in total. The van der Waals surface area contributed by atoms with Crippen molar-refractivity contribution in [1.82, 2.24) is 10.6 Å². The molecule has 0 saturated carbocycles.